The van der Waals surface area contributed by atoms with E-state index in [0.717, 1.165) is 28.2 Å². The second kappa shape index (κ2) is 5.00. The van der Waals surface area contributed by atoms with E-state index in [9.17, 15) is 0 Å². The normalized spacial score (nSPS) is 27.6. The van der Waals surface area contributed by atoms with Crippen molar-refractivity contribution in [3.8, 4) is 0 Å². The largest absolute Gasteiger partial charge is 0.399 e. The third-order valence-corrected chi connectivity index (χ3v) is 5.29. The van der Waals surface area contributed by atoms with Gasteiger partial charge in [0.15, 0.2) is 5.13 Å². The molecule has 0 radical (unpaired) electrons. The monoisotopic (exact) mass is 275 g/mol. The zero-order valence-electron chi connectivity index (χ0n) is 11.5. The van der Waals surface area contributed by atoms with Crippen LogP contribution in [0.1, 0.15) is 33.1 Å². The predicted molar refractivity (Wildman–Crippen MR) is 83.6 cm³/mol. The van der Waals surface area contributed by atoms with Crippen molar-refractivity contribution in [1.29, 1.82) is 0 Å². The number of nitrogens with one attached hydrogen (secondary N) is 1. The van der Waals surface area contributed by atoms with Crippen molar-refractivity contribution in [3.63, 3.8) is 0 Å². The molecule has 2 aromatic rings. The Morgan fingerprint density at radius 3 is 2.89 bits per heavy atom. The van der Waals surface area contributed by atoms with Crippen LogP contribution in [0.25, 0.3) is 10.2 Å². The molecular formula is C15H21N3S. The van der Waals surface area contributed by atoms with E-state index in [1.807, 2.05) is 18.2 Å². The number of nitrogen functional groups attached to an aromatic ring is 1. The molecule has 3 N–H and O–H groups in total. The van der Waals surface area contributed by atoms with E-state index >= 15 is 0 Å². The second-order valence-electron chi connectivity index (χ2n) is 5.86. The summed E-state index contributed by atoms with van der Waals surface area (Å²) in [6, 6.07) is 6.49. The lowest BCUT2D eigenvalue weighted by Crippen LogP contribution is -2.30. The van der Waals surface area contributed by atoms with Crippen LogP contribution in [0.15, 0.2) is 18.2 Å². The van der Waals surface area contributed by atoms with Crippen LogP contribution in [0.2, 0.25) is 0 Å². The van der Waals surface area contributed by atoms with E-state index < -0.39 is 0 Å². The van der Waals surface area contributed by atoms with E-state index in [-0.39, 0.29) is 0 Å². The van der Waals surface area contributed by atoms with Crippen LogP contribution in [0.5, 0.6) is 0 Å². The number of benzene rings is 1. The molecular weight excluding hydrogens is 254 g/mol. The van der Waals surface area contributed by atoms with Gasteiger partial charge in [0, 0.05) is 11.7 Å². The van der Waals surface area contributed by atoms with E-state index in [2.05, 4.69) is 24.1 Å². The van der Waals surface area contributed by atoms with Gasteiger partial charge in [-0.3, -0.25) is 0 Å². The quantitative estimate of drug-likeness (QED) is 0.811. The van der Waals surface area contributed by atoms with Gasteiger partial charge in [-0.05, 0) is 49.3 Å². The molecule has 1 aromatic carbocycles. The summed E-state index contributed by atoms with van der Waals surface area (Å²) in [6.45, 7) is 4.72. The van der Waals surface area contributed by atoms with Gasteiger partial charge in [-0.2, -0.15) is 0 Å². The molecule has 1 aromatic heterocycles. The molecule has 0 saturated heterocycles. The maximum atomic E-state index is 5.81. The molecule has 4 heteroatoms. The summed E-state index contributed by atoms with van der Waals surface area (Å²) in [5.41, 5.74) is 7.66. The molecule has 1 heterocycles. The second-order valence-corrected chi connectivity index (χ2v) is 6.89. The minimum atomic E-state index is 0.573. The number of hydrogen-bond donors (Lipinski definition) is 2. The summed E-state index contributed by atoms with van der Waals surface area (Å²) >= 11 is 1.70. The Labute approximate surface area is 118 Å². The summed E-state index contributed by atoms with van der Waals surface area (Å²) in [6.07, 6.45) is 3.82. The zero-order chi connectivity index (χ0) is 13.4. The average molecular weight is 275 g/mol. The third-order valence-electron chi connectivity index (χ3n) is 4.34. The van der Waals surface area contributed by atoms with Gasteiger partial charge in [-0.15, -0.1) is 0 Å². The number of nitrogens with zero attached hydrogens (tertiary/aromatic N) is 1. The topological polar surface area (TPSA) is 50.9 Å². The first-order valence-electron chi connectivity index (χ1n) is 7.04. The van der Waals surface area contributed by atoms with Gasteiger partial charge in [0.2, 0.25) is 0 Å². The highest BCUT2D eigenvalue weighted by atomic mass is 32.1. The average Bonchev–Trinajstić information content (AvgIpc) is 2.75. The van der Waals surface area contributed by atoms with Gasteiger partial charge >= 0.3 is 0 Å². The van der Waals surface area contributed by atoms with Crippen LogP contribution >= 0.6 is 11.3 Å². The highest BCUT2D eigenvalue weighted by Gasteiger charge is 2.24. The number of aromatic nitrogens is 1. The molecule has 0 amide bonds. The first kappa shape index (κ1) is 12.7. The summed E-state index contributed by atoms with van der Waals surface area (Å²) in [4.78, 5) is 4.64. The van der Waals surface area contributed by atoms with Crippen LogP contribution in [-0.4, -0.2) is 11.0 Å². The molecule has 1 aliphatic rings. The maximum absolute atomic E-state index is 5.81. The van der Waals surface area contributed by atoms with Crippen LogP contribution in [0, 0.1) is 11.8 Å². The highest BCUT2D eigenvalue weighted by molar-refractivity contribution is 7.22. The molecule has 0 aliphatic heterocycles. The van der Waals surface area contributed by atoms with Gasteiger partial charge in [0.05, 0.1) is 10.2 Å². The minimum Gasteiger partial charge on any atom is -0.399 e. The Kier molecular flexibility index (Phi) is 3.35. The minimum absolute atomic E-state index is 0.573. The fourth-order valence-corrected chi connectivity index (χ4v) is 3.85. The van der Waals surface area contributed by atoms with Crippen LogP contribution in [-0.2, 0) is 0 Å². The van der Waals surface area contributed by atoms with Crippen LogP contribution < -0.4 is 11.1 Å². The molecule has 3 atom stereocenters. The van der Waals surface area contributed by atoms with Crippen molar-refractivity contribution in [3.05, 3.63) is 18.2 Å². The smallest absolute Gasteiger partial charge is 0.184 e. The zero-order valence-corrected chi connectivity index (χ0v) is 12.3. The Balaban J connectivity index is 1.74. The Morgan fingerprint density at radius 2 is 2.11 bits per heavy atom. The van der Waals surface area contributed by atoms with Gasteiger partial charge in [0.1, 0.15) is 0 Å². The lowest BCUT2D eigenvalue weighted by Gasteiger charge is -2.32. The molecule has 1 fully saturated rings. The summed E-state index contributed by atoms with van der Waals surface area (Å²) in [5.74, 6) is 1.66. The van der Waals surface area contributed by atoms with Crippen molar-refractivity contribution in [1.82, 2.24) is 4.98 Å². The predicted octanol–water partition coefficient (Wildman–Crippen LogP) is 4.12. The van der Waals surface area contributed by atoms with Crippen molar-refractivity contribution in [2.24, 2.45) is 11.8 Å². The molecule has 1 aliphatic carbocycles. The van der Waals surface area contributed by atoms with Crippen molar-refractivity contribution >= 4 is 32.4 Å². The number of nitrogens with two attached hydrogens (primary N) is 1. The van der Waals surface area contributed by atoms with Gasteiger partial charge in [0.25, 0.3) is 0 Å². The molecule has 3 nitrogen and oxygen atoms in total. The van der Waals surface area contributed by atoms with Crippen LogP contribution in [0.4, 0.5) is 10.8 Å². The molecule has 0 spiro atoms. The lowest BCUT2D eigenvalue weighted by molar-refractivity contribution is 0.261. The summed E-state index contributed by atoms with van der Waals surface area (Å²) in [5, 5.41) is 4.64. The standard InChI is InChI=1S/C15H21N3S/c1-9-3-5-12(7-10(9)2)17-15-18-13-6-4-11(16)8-14(13)19-15/h4,6,8-10,12H,3,5,7,16H2,1-2H3,(H,17,18). The molecule has 3 unspecified atom stereocenters. The van der Waals surface area contributed by atoms with E-state index in [4.69, 9.17) is 5.73 Å². The van der Waals surface area contributed by atoms with Crippen LogP contribution in [0.3, 0.4) is 0 Å². The molecule has 102 valence electrons. The van der Waals surface area contributed by atoms with E-state index in [0.29, 0.717) is 6.04 Å². The molecule has 0 bridgehead atoms. The number of rotatable bonds is 2. The third kappa shape index (κ3) is 2.68. The lowest BCUT2D eigenvalue weighted by atomic mass is 9.79. The Bertz CT molecular complexity index is 578. The summed E-state index contributed by atoms with van der Waals surface area (Å²) in [7, 11) is 0. The number of thiazole rings is 1. The Hall–Kier alpha value is -1.29. The van der Waals surface area contributed by atoms with Gasteiger partial charge < -0.3 is 11.1 Å². The molecule has 19 heavy (non-hydrogen) atoms. The maximum Gasteiger partial charge on any atom is 0.184 e. The fourth-order valence-electron chi connectivity index (χ4n) is 2.86. The summed E-state index contributed by atoms with van der Waals surface area (Å²) < 4.78 is 1.17. The number of fused-ring (bicyclic) bond motifs is 1. The van der Waals surface area contributed by atoms with E-state index in [1.54, 1.807) is 11.3 Å². The first-order valence-corrected chi connectivity index (χ1v) is 7.86. The van der Waals surface area contributed by atoms with E-state index in [1.165, 1.54) is 24.0 Å². The molecule has 3 rings (SSSR count). The fraction of sp³-hybridized carbons (Fsp3) is 0.533. The van der Waals surface area contributed by atoms with Crippen molar-refractivity contribution in [2.45, 2.75) is 39.2 Å². The number of hydrogen-bond acceptors (Lipinski definition) is 4. The van der Waals surface area contributed by atoms with Gasteiger partial charge in [-0.1, -0.05) is 25.2 Å². The van der Waals surface area contributed by atoms with Crippen molar-refractivity contribution < 1.29 is 0 Å². The van der Waals surface area contributed by atoms with Crippen molar-refractivity contribution in [2.75, 3.05) is 11.1 Å². The first-order chi connectivity index (χ1) is 9.11. The highest BCUT2D eigenvalue weighted by Crippen LogP contribution is 2.33. The molecule has 1 saturated carbocycles. The van der Waals surface area contributed by atoms with Gasteiger partial charge in [-0.25, -0.2) is 4.98 Å². The Morgan fingerprint density at radius 1 is 1.26 bits per heavy atom. The SMILES string of the molecule is CC1CCC(Nc2nc3ccc(N)cc3s2)CC1C. The number of anilines is 2.